The smallest absolute Gasteiger partial charge is 0.489 e. The second-order valence-corrected chi connectivity index (χ2v) is 4.19. The Hall–Kier alpha value is -1.70. The van der Waals surface area contributed by atoms with Crippen molar-refractivity contribution in [3.63, 3.8) is 0 Å². The molecule has 0 amide bonds. The highest BCUT2D eigenvalue weighted by Crippen LogP contribution is 2.33. The summed E-state index contributed by atoms with van der Waals surface area (Å²) in [6.45, 7) is 2.97. The molecule has 8 heteroatoms. The van der Waals surface area contributed by atoms with Crippen LogP contribution in [0.4, 0.5) is 13.2 Å². The highest BCUT2D eigenvalue weighted by Gasteiger charge is 2.31. The first-order chi connectivity index (χ1) is 8.69. The summed E-state index contributed by atoms with van der Waals surface area (Å²) >= 11 is 2.89. The zero-order valence-corrected chi connectivity index (χ0v) is 10.9. The number of carboxylic acids is 1. The third-order valence-corrected chi connectivity index (χ3v) is 2.46. The number of alkyl halides is 3. The normalized spacial score (nSPS) is 10.9. The van der Waals surface area contributed by atoms with Crippen LogP contribution in [0.5, 0.6) is 11.5 Å². The van der Waals surface area contributed by atoms with Crippen LogP contribution in [0.15, 0.2) is 34.8 Å². The van der Waals surface area contributed by atoms with Crippen LogP contribution in [0, 0.1) is 0 Å². The Kier molecular flexibility index (Phi) is 4.82. The highest BCUT2D eigenvalue weighted by molar-refractivity contribution is 9.10. The molecule has 0 fully saturated rings. The number of ether oxygens (including phenoxy) is 2. The molecule has 1 N–H and O–H groups in total. The summed E-state index contributed by atoms with van der Waals surface area (Å²) in [5.41, 5.74) is -0.174. The van der Waals surface area contributed by atoms with E-state index in [4.69, 9.17) is 9.84 Å². The summed E-state index contributed by atoms with van der Waals surface area (Å²) in [5, 5.41) is 8.55. The molecule has 0 aliphatic heterocycles. The zero-order chi connectivity index (χ0) is 14.6. The Bertz CT molecular complexity index is 499. The van der Waals surface area contributed by atoms with Crippen LogP contribution < -0.4 is 9.47 Å². The number of aliphatic carboxylic acids is 1. The van der Waals surface area contributed by atoms with Crippen LogP contribution in [0.1, 0.15) is 0 Å². The van der Waals surface area contributed by atoms with Crippen molar-refractivity contribution in [1.82, 2.24) is 0 Å². The van der Waals surface area contributed by atoms with Gasteiger partial charge in [0.15, 0.2) is 0 Å². The SMILES string of the molecule is C=C(COc1ccc(OC(F)(F)F)c(Br)c1)C(=O)O. The van der Waals surface area contributed by atoms with E-state index in [1.165, 1.54) is 12.1 Å². The molecular weight excluding hydrogens is 333 g/mol. The molecule has 1 aromatic rings. The number of carbonyl (C=O) groups is 1. The molecule has 0 saturated heterocycles. The molecule has 0 aliphatic carbocycles. The van der Waals surface area contributed by atoms with Gasteiger partial charge in [-0.3, -0.25) is 0 Å². The molecule has 0 radical (unpaired) electrons. The van der Waals surface area contributed by atoms with E-state index in [-0.39, 0.29) is 22.4 Å². The van der Waals surface area contributed by atoms with Crippen LogP contribution in [-0.2, 0) is 4.79 Å². The number of hydrogen-bond acceptors (Lipinski definition) is 3. The molecule has 0 aliphatic rings. The summed E-state index contributed by atoms with van der Waals surface area (Å²) in [5.74, 6) is -1.45. The van der Waals surface area contributed by atoms with Crippen molar-refractivity contribution in [1.29, 1.82) is 0 Å². The van der Waals surface area contributed by atoms with E-state index in [2.05, 4.69) is 27.2 Å². The quantitative estimate of drug-likeness (QED) is 0.835. The molecule has 104 valence electrons. The van der Waals surface area contributed by atoms with Gasteiger partial charge in [-0.05, 0) is 34.1 Å². The largest absolute Gasteiger partial charge is 0.573 e. The predicted octanol–water partition coefficient (Wildman–Crippen LogP) is 3.37. The van der Waals surface area contributed by atoms with Crippen molar-refractivity contribution in [2.45, 2.75) is 6.36 Å². The zero-order valence-electron chi connectivity index (χ0n) is 9.33. The molecule has 0 saturated carbocycles. The van der Waals surface area contributed by atoms with Crippen molar-refractivity contribution >= 4 is 21.9 Å². The Balaban J connectivity index is 2.72. The minimum Gasteiger partial charge on any atom is -0.489 e. The van der Waals surface area contributed by atoms with Crippen LogP contribution in [0.25, 0.3) is 0 Å². The van der Waals surface area contributed by atoms with Gasteiger partial charge in [0, 0.05) is 0 Å². The Morgan fingerprint density at radius 2 is 2.05 bits per heavy atom. The van der Waals surface area contributed by atoms with E-state index in [0.717, 1.165) is 6.07 Å². The van der Waals surface area contributed by atoms with Gasteiger partial charge in [0.2, 0.25) is 0 Å². The highest BCUT2D eigenvalue weighted by atomic mass is 79.9. The van der Waals surface area contributed by atoms with Crippen molar-refractivity contribution < 1.29 is 32.5 Å². The lowest BCUT2D eigenvalue weighted by molar-refractivity contribution is -0.274. The average Bonchev–Trinajstić information content (AvgIpc) is 2.27. The Morgan fingerprint density at radius 3 is 2.53 bits per heavy atom. The first kappa shape index (κ1) is 15.4. The maximum atomic E-state index is 12.0. The molecule has 1 rings (SSSR count). The van der Waals surface area contributed by atoms with Gasteiger partial charge in [-0.2, -0.15) is 0 Å². The molecule has 0 unspecified atom stereocenters. The van der Waals surface area contributed by atoms with Gasteiger partial charge >= 0.3 is 12.3 Å². The van der Waals surface area contributed by atoms with E-state index in [9.17, 15) is 18.0 Å². The Labute approximate surface area is 114 Å². The van der Waals surface area contributed by atoms with Crippen LogP contribution >= 0.6 is 15.9 Å². The minimum atomic E-state index is -4.79. The van der Waals surface area contributed by atoms with Crippen molar-refractivity contribution in [2.75, 3.05) is 6.61 Å². The van der Waals surface area contributed by atoms with Crippen LogP contribution in [0.3, 0.4) is 0 Å². The number of carboxylic acid groups (broad SMARTS) is 1. The van der Waals surface area contributed by atoms with E-state index in [1.807, 2.05) is 0 Å². The summed E-state index contributed by atoms with van der Waals surface area (Å²) in [6.07, 6.45) is -4.79. The summed E-state index contributed by atoms with van der Waals surface area (Å²) < 4.78 is 44.9. The van der Waals surface area contributed by atoms with Gasteiger partial charge in [-0.15, -0.1) is 13.2 Å². The predicted molar refractivity (Wildman–Crippen MR) is 63.1 cm³/mol. The molecule has 1 aromatic carbocycles. The molecular formula is C11H8BrF3O4. The van der Waals surface area contributed by atoms with Gasteiger partial charge in [-0.1, -0.05) is 6.58 Å². The lowest BCUT2D eigenvalue weighted by Crippen LogP contribution is -2.17. The maximum Gasteiger partial charge on any atom is 0.573 e. The monoisotopic (exact) mass is 340 g/mol. The van der Waals surface area contributed by atoms with Gasteiger partial charge in [0.05, 0.1) is 10.0 Å². The fourth-order valence-corrected chi connectivity index (χ4v) is 1.45. The fourth-order valence-electron chi connectivity index (χ4n) is 1.01. The number of benzene rings is 1. The summed E-state index contributed by atoms with van der Waals surface area (Å²) in [6, 6.07) is 3.51. The van der Waals surface area contributed by atoms with E-state index in [1.54, 1.807) is 0 Å². The van der Waals surface area contributed by atoms with Crippen molar-refractivity contribution in [3.8, 4) is 11.5 Å². The summed E-state index contributed by atoms with van der Waals surface area (Å²) in [7, 11) is 0. The third-order valence-electron chi connectivity index (χ3n) is 1.84. The standard InChI is InChI=1S/C11H8BrF3O4/c1-6(10(16)17)5-18-7-2-3-9(8(12)4-7)19-11(13,14)15/h2-4H,1,5H2,(H,16,17). The molecule has 0 spiro atoms. The fraction of sp³-hybridized carbons (Fsp3) is 0.182. The topological polar surface area (TPSA) is 55.8 Å². The molecule has 0 aromatic heterocycles. The maximum absolute atomic E-state index is 12.0. The minimum absolute atomic E-state index is 0.0308. The summed E-state index contributed by atoms with van der Waals surface area (Å²) in [4.78, 5) is 10.5. The lowest BCUT2D eigenvalue weighted by atomic mass is 10.3. The molecule has 0 heterocycles. The average molecular weight is 341 g/mol. The molecule has 0 bridgehead atoms. The molecule has 4 nitrogen and oxygen atoms in total. The molecule has 0 atom stereocenters. The number of halogens is 4. The third kappa shape index (κ3) is 5.21. The van der Waals surface area contributed by atoms with E-state index >= 15 is 0 Å². The number of hydrogen-bond donors (Lipinski definition) is 1. The van der Waals surface area contributed by atoms with Crippen molar-refractivity contribution in [3.05, 3.63) is 34.8 Å². The first-order valence-corrected chi connectivity index (χ1v) is 5.57. The van der Waals surface area contributed by atoms with Gasteiger partial charge < -0.3 is 14.6 Å². The second kappa shape index (κ2) is 5.96. The van der Waals surface area contributed by atoms with Gasteiger partial charge in [0.1, 0.15) is 18.1 Å². The number of rotatable bonds is 5. The van der Waals surface area contributed by atoms with E-state index in [0.29, 0.717) is 0 Å². The first-order valence-electron chi connectivity index (χ1n) is 4.78. The van der Waals surface area contributed by atoms with Gasteiger partial charge in [-0.25, -0.2) is 4.79 Å². The second-order valence-electron chi connectivity index (χ2n) is 3.34. The van der Waals surface area contributed by atoms with Crippen LogP contribution in [-0.4, -0.2) is 24.0 Å². The van der Waals surface area contributed by atoms with Crippen LogP contribution in [0.2, 0.25) is 0 Å². The lowest BCUT2D eigenvalue weighted by Gasteiger charge is -2.12. The molecule has 19 heavy (non-hydrogen) atoms. The van der Waals surface area contributed by atoms with E-state index < -0.39 is 18.1 Å². The Morgan fingerprint density at radius 1 is 1.42 bits per heavy atom. The van der Waals surface area contributed by atoms with Crippen molar-refractivity contribution in [2.24, 2.45) is 0 Å². The van der Waals surface area contributed by atoms with Gasteiger partial charge in [0.25, 0.3) is 0 Å².